The Morgan fingerprint density at radius 1 is 1.11 bits per heavy atom. The van der Waals surface area contributed by atoms with Gasteiger partial charge in [0.1, 0.15) is 5.82 Å². The summed E-state index contributed by atoms with van der Waals surface area (Å²) in [7, 11) is -2.31. The zero-order chi connectivity index (χ0) is 24.7. The predicted molar refractivity (Wildman–Crippen MR) is 146 cm³/mol. The van der Waals surface area contributed by atoms with Gasteiger partial charge in [0, 0.05) is 51.7 Å². The summed E-state index contributed by atoms with van der Waals surface area (Å²) in [4.78, 5) is 14.2. The molecular formula is C27H29N7OS. The van der Waals surface area contributed by atoms with E-state index in [9.17, 15) is 4.21 Å². The van der Waals surface area contributed by atoms with E-state index in [1.54, 1.807) is 18.6 Å². The number of fused-ring (bicyclic) bond motifs is 1. The van der Waals surface area contributed by atoms with Gasteiger partial charge in [-0.2, -0.15) is 9.35 Å². The Hall–Kier alpha value is -3.56. The van der Waals surface area contributed by atoms with E-state index in [-0.39, 0.29) is 0 Å². The first-order valence-corrected chi connectivity index (χ1v) is 14.6. The second-order valence-electron chi connectivity index (χ2n) is 9.66. The molecule has 0 spiro atoms. The summed E-state index contributed by atoms with van der Waals surface area (Å²) in [5.41, 5.74) is 5.54. The lowest BCUT2D eigenvalue weighted by atomic mass is 10.0. The number of nitrogens with zero attached hydrogens (tertiary/aromatic N) is 5. The zero-order valence-corrected chi connectivity index (χ0v) is 21.3. The van der Waals surface area contributed by atoms with Crippen LogP contribution < -0.4 is 10.6 Å². The molecular weight excluding hydrogens is 470 g/mol. The van der Waals surface area contributed by atoms with Gasteiger partial charge in [0.25, 0.3) is 0 Å². The standard InChI is InChI=1S/C27H29N7OS/c1-36(2,35)33-24-4-3-5-25(31-24)34-23(20-6-7-20)16-21-17-29-27(32-26(21)34)30-22-10-8-18(9-11-22)19-12-14-28-15-13-19/h3-5,8-12,16-17,20,28H,6-7,13-15H2,1-2H3,(H,29,30,32). The molecule has 0 radical (unpaired) electrons. The molecule has 3 aromatic heterocycles. The first-order chi connectivity index (χ1) is 17.4. The Balaban J connectivity index is 1.36. The molecule has 2 N–H and O–H groups in total. The molecule has 0 unspecified atom stereocenters. The number of hydrogen-bond donors (Lipinski definition) is 2. The third-order valence-corrected chi connectivity index (χ3v) is 7.03. The molecule has 1 aliphatic heterocycles. The molecule has 6 rings (SSSR count). The van der Waals surface area contributed by atoms with Crippen LogP contribution in [0.2, 0.25) is 0 Å². The molecule has 2 aliphatic rings. The minimum Gasteiger partial charge on any atom is -0.324 e. The maximum Gasteiger partial charge on any atom is 0.229 e. The van der Waals surface area contributed by atoms with Gasteiger partial charge in [0.2, 0.25) is 5.95 Å². The highest BCUT2D eigenvalue weighted by molar-refractivity contribution is 7.92. The van der Waals surface area contributed by atoms with E-state index in [1.165, 1.54) is 16.8 Å². The van der Waals surface area contributed by atoms with Crippen molar-refractivity contribution in [3.05, 3.63) is 72.1 Å². The molecule has 0 bridgehead atoms. The maximum absolute atomic E-state index is 12.2. The number of anilines is 2. The number of aromatic nitrogens is 4. The Kier molecular flexibility index (Phi) is 5.81. The van der Waals surface area contributed by atoms with E-state index in [4.69, 9.17) is 9.97 Å². The van der Waals surface area contributed by atoms with E-state index < -0.39 is 9.73 Å². The van der Waals surface area contributed by atoms with E-state index in [1.807, 2.05) is 18.3 Å². The molecule has 36 heavy (non-hydrogen) atoms. The Morgan fingerprint density at radius 3 is 2.67 bits per heavy atom. The number of nitrogens with one attached hydrogen (secondary N) is 2. The second kappa shape index (κ2) is 9.15. The van der Waals surface area contributed by atoms with E-state index in [0.717, 1.165) is 54.9 Å². The molecule has 1 saturated carbocycles. The number of pyridine rings is 1. The van der Waals surface area contributed by atoms with Crippen LogP contribution in [0.15, 0.2) is 65.2 Å². The van der Waals surface area contributed by atoms with Crippen molar-refractivity contribution in [3.8, 4) is 5.82 Å². The molecule has 1 fully saturated rings. The smallest absolute Gasteiger partial charge is 0.229 e. The van der Waals surface area contributed by atoms with Crippen LogP contribution in [0, 0.1) is 0 Å². The average molecular weight is 500 g/mol. The van der Waals surface area contributed by atoms with Crippen LogP contribution >= 0.6 is 0 Å². The maximum atomic E-state index is 12.2. The fourth-order valence-corrected chi connectivity index (χ4v) is 5.14. The minimum absolute atomic E-state index is 0.461. The summed E-state index contributed by atoms with van der Waals surface area (Å²) in [6.45, 7) is 1.94. The van der Waals surface area contributed by atoms with Crippen LogP contribution in [0.1, 0.15) is 36.4 Å². The van der Waals surface area contributed by atoms with Crippen LogP contribution in [0.4, 0.5) is 17.5 Å². The summed E-state index contributed by atoms with van der Waals surface area (Å²) in [5, 5.41) is 7.68. The molecule has 4 heterocycles. The Bertz CT molecular complexity index is 1580. The molecule has 9 heteroatoms. The first-order valence-electron chi connectivity index (χ1n) is 12.2. The summed E-state index contributed by atoms with van der Waals surface area (Å²) in [5.74, 6) is 2.20. The van der Waals surface area contributed by atoms with Crippen LogP contribution in [0.5, 0.6) is 0 Å². The van der Waals surface area contributed by atoms with Gasteiger partial charge >= 0.3 is 0 Å². The van der Waals surface area contributed by atoms with Gasteiger partial charge in [-0.25, -0.2) is 14.2 Å². The van der Waals surface area contributed by atoms with Gasteiger partial charge < -0.3 is 10.6 Å². The van der Waals surface area contributed by atoms with Gasteiger partial charge in [-0.1, -0.05) is 24.3 Å². The SMILES string of the molecule is CS(C)(=O)=Nc1cccc(-n2c(C3CC3)cc3cnc(Nc4ccc(C5=CCNCC5)cc4)nc32)n1. The van der Waals surface area contributed by atoms with Crippen LogP contribution in [0.25, 0.3) is 22.4 Å². The third kappa shape index (κ3) is 4.89. The van der Waals surface area contributed by atoms with E-state index in [0.29, 0.717) is 17.7 Å². The van der Waals surface area contributed by atoms with Crippen molar-refractivity contribution in [1.82, 2.24) is 24.8 Å². The van der Waals surface area contributed by atoms with Crippen molar-refractivity contribution in [2.45, 2.75) is 25.2 Å². The third-order valence-electron chi connectivity index (χ3n) is 6.40. The molecule has 0 saturated heterocycles. The van der Waals surface area contributed by atoms with Gasteiger partial charge in [-0.05, 0) is 73.2 Å². The highest BCUT2D eigenvalue weighted by Gasteiger charge is 2.29. The Labute approximate surface area is 211 Å². The first kappa shape index (κ1) is 22.9. The molecule has 184 valence electrons. The molecule has 4 aromatic rings. The lowest BCUT2D eigenvalue weighted by Crippen LogP contribution is -2.19. The molecule has 1 aliphatic carbocycles. The van der Waals surface area contributed by atoms with Crippen molar-refractivity contribution in [2.75, 3.05) is 30.9 Å². The summed E-state index contributed by atoms with van der Waals surface area (Å²) in [6.07, 6.45) is 10.7. The van der Waals surface area contributed by atoms with Gasteiger partial charge in [-0.3, -0.25) is 4.57 Å². The van der Waals surface area contributed by atoms with Crippen molar-refractivity contribution < 1.29 is 4.21 Å². The van der Waals surface area contributed by atoms with Crippen molar-refractivity contribution in [2.24, 2.45) is 4.36 Å². The van der Waals surface area contributed by atoms with Crippen LogP contribution in [-0.4, -0.2) is 49.3 Å². The fourth-order valence-electron chi connectivity index (χ4n) is 4.58. The van der Waals surface area contributed by atoms with E-state index >= 15 is 0 Å². The van der Waals surface area contributed by atoms with Crippen molar-refractivity contribution in [1.29, 1.82) is 0 Å². The normalized spacial score (nSPS) is 16.1. The topological polar surface area (TPSA) is 97.1 Å². The molecule has 0 atom stereocenters. The highest BCUT2D eigenvalue weighted by atomic mass is 32.2. The lowest BCUT2D eigenvalue weighted by Gasteiger charge is -2.14. The number of hydrogen-bond acceptors (Lipinski definition) is 7. The van der Waals surface area contributed by atoms with Crippen LogP contribution in [-0.2, 0) is 9.73 Å². The van der Waals surface area contributed by atoms with Crippen LogP contribution in [0.3, 0.4) is 0 Å². The lowest BCUT2D eigenvalue weighted by molar-refractivity contribution is 0.684. The fraction of sp³-hybridized carbons (Fsp3) is 0.296. The molecule has 1 aromatic carbocycles. The summed E-state index contributed by atoms with van der Waals surface area (Å²) < 4.78 is 18.6. The van der Waals surface area contributed by atoms with Gasteiger partial charge in [0.05, 0.1) is 0 Å². The Morgan fingerprint density at radius 2 is 1.94 bits per heavy atom. The largest absolute Gasteiger partial charge is 0.324 e. The monoisotopic (exact) mass is 499 g/mol. The average Bonchev–Trinajstić information content (AvgIpc) is 3.64. The van der Waals surface area contributed by atoms with E-state index in [2.05, 4.69) is 61.0 Å². The molecule has 8 nitrogen and oxygen atoms in total. The highest BCUT2D eigenvalue weighted by Crippen LogP contribution is 2.43. The minimum atomic E-state index is -2.31. The summed E-state index contributed by atoms with van der Waals surface area (Å²) >= 11 is 0. The number of rotatable bonds is 6. The van der Waals surface area contributed by atoms with Crippen molar-refractivity contribution in [3.63, 3.8) is 0 Å². The quantitative estimate of drug-likeness (QED) is 0.380. The van der Waals surface area contributed by atoms with Crippen molar-refractivity contribution >= 4 is 43.8 Å². The molecule has 0 amide bonds. The number of benzene rings is 1. The predicted octanol–water partition coefficient (Wildman–Crippen LogP) is 5.17. The zero-order valence-electron chi connectivity index (χ0n) is 20.4. The summed E-state index contributed by atoms with van der Waals surface area (Å²) in [6, 6.07) is 16.2. The second-order valence-corrected chi connectivity index (χ2v) is 12.2. The van der Waals surface area contributed by atoms with Gasteiger partial charge in [0.15, 0.2) is 11.5 Å². The van der Waals surface area contributed by atoms with Gasteiger partial charge in [-0.15, -0.1) is 0 Å².